The summed E-state index contributed by atoms with van der Waals surface area (Å²) in [4.78, 5) is 21.1. The van der Waals surface area contributed by atoms with Crippen LogP contribution in [-0.4, -0.2) is 30.1 Å². The van der Waals surface area contributed by atoms with Gasteiger partial charge >= 0.3 is 5.97 Å². The Hall–Kier alpha value is -2.04. The molecule has 0 aliphatic heterocycles. The molecule has 1 aromatic rings. The third-order valence-electron chi connectivity index (χ3n) is 2.63. The Labute approximate surface area is 118 Å². The smallest absolute Gasteiger partial charge is 0.341 e. The van der Waals surface area contributed by atoms with Gasteiger partial charge in [0.1, 0.15) is 17.3 Å². The average molecular weight is 280 g/mol. The number of unbranched alkanes of at least 4 members (excludes halogenated alkanes) is 2. The zero-order valence-electron chi connectivity index (χ0n) is 11.6. The Balaban J connectivity index is 2.18. The average Bonchev–Trinajstić information content (AvgIpc) is 2.41. The number of hydrogen-bond donors (Lipinski definition) is 1. The van der Waals surface area contributed by atoms with Crippen molar-refractivity contribution in [2.24, 2.45) is 0 Å². The van der Waals surface area contributed by atoms with Crippen molar-refractivity contribution in [1.82, 2.24) is 0 Å². The first-order valence-corrected chi connectivity index (χ1v) is 6.65. The van der Waals surface area contributed by atoms with E-state index in [1.165, 1.54) is 0 Å². The van der Waals surface area contributed by atoms with E-state index in [0.29, 0.717) is 18.8 Å². The van der Waals surface area contributed by atoms with E-state index in [4.69, 9.17) is 14.6 Å². The minimum absolute atomic E-state index is 0.225. The molecule has 0 bridgehead atoms. The van der Waals surface area contributed by atoms with Gasteiger partial charge in [0, 0.05) is 6.42 Å². The lowest BCUT2D eigenvalue weighted by molar-refractivity contribution is -0.139. The van der Waals surface area contributed by atoms with E-state index < -0.39 is 5.97 Å². The van der Waals surface area contributed by atoms with E-state index in [0.717, 1.165) is 25.0 Å². The van der Waals surface area contributed by atoms with Crippen molar-refractivity contribution < 1.29 is 24.2 Å². The summed E-state index contributed by atoms with van der Waals surface area (Å²) in [5, 5.41) is 8.48. The molecule has 1 aromatic carbocycles. The van der Waals surface area contributed by atoms with Crippen LogP contribution in [0.2, 0.25) is 0 Å². The molecule has 0 saturated heterocycles. The highest BCUT2D eigenvalue weighted by Gasteiger charge is 2.00. The van der Waals surface area contributed by atoms with Crippen molar-refractivity contribution in [3.05, 3.63) is 24.3 Å². The molecule has 0 unspecified atom stereocenters. The lowest BCUT2D eigenvalue weighted by atomic mass is 10.1. The van der Waals surface area contributed by atoms with Gasteiger partial charge in [0.05, 0.1) is 6.61 Å². The maximum atomic E-state index is 10.7. The molecular weight excluding hydrogens is 260 g/mol. The van der Waals surface area contributed by atoms with Gasteiger partial charge < -0.3 is 19.4 Å². The van der Waals surface area contributed by atoms with Gasteiger partial charge in [-0.1, -0.05) is 0 Å². The van der Waals surface area contributed by atoms with Crippen LogP contribution >= 0.6 is 0 Å². The first kappa shape index (κ1) is 16.0. The summed E-state index contributed by atoms with van der Waals surface area (Å²) >= 11 is 0. The molecule has 0 amide bonds. The highest BCUT2D eigenvalue weighted by Crippen LogP contribution is 2.17. The summed E-state index contributed by atoms with van der Waals surface area (Å²) < 4.78 is 10.6. The number of carboxylic acids is 1. The zero-order valence-corrected chi connectivity index (χ0v) is 11.6. The van der Waals surface area contributed by atoms with Crippen molar-refractivity contribution in [2.75, 3.05) is 13.2 Å². The van der Waals surface area contributed by atoms with E-state index >= 15 is 0 Å². The van der Waals surface area contributed by atoms with Crippen LogP contribution < -0.4 is 9.47 Å². The number of ether oxygens (including phenoxy) is 2. The number of carbonyl (C=O) groups excluding carboxylic acids is 1. The minimum Gasteiger partial charge on any atom is -0.494 e. The van der Waals surface area contributed by atoms with Crippen molar-refractivity contribution in [1.29, 1.82) is 0 Å². The number of rotatable bonds is 10. The van der Waals surface area contributed by atoms with Crippen molar-refractivity contribution in [3.63, 3.8) is 0 Å². The topological polar surface area (TPSA) is 72.8 Å². The summed E-state index contributed by atoms with van der Waals surface area (Å²) in [6, 6.07) is 6.83. The predicted molar refractivity (Wildman–Crippen MR) is 74.2 cm³/mol. The standard InChI is InChI=1S/C15H20O5/c1-12(16)5-3-2-4-10-19-13-6-8-14(9-7-13)20-11-15(17)18/h6-9H,2-5,10-11H2,1H3,(H,17,18). The van der Waals surface area contributed by atoms with Crippen molar-refractivity contribution in [3.8, 4) is 11.5 Å². The molecule has 0 aliphatic carbocycles. The number of hydrogen-bond acceptors (Lipinski definition) is 4. The molecule has 20 heavy (non-hydrogen) atoms. The van der Waals surface area contributed by atoms with Crippen LogP contribution in [0.1, 0.15) is 32.6 Å². The van der Waals surface area contributed by atoms with E-state index in [9.17, 15) is 9.59 Å². The number of carboxylic acid groups (broad SMARTS) is 1. The van der Waals surface area contributed by atoms with Gasteiger partial charge in [-0.25, -0.2) is 4.79 Å². The number of aliphatic carboxylic acids is 1. The van der Waals surface area contributed by atoms with Gasteiger partial charge in [0.25, 0.3) is 0 Å². The molecule has 0 aromatic heterocycles. The van der Waals surface area contributed by atoms with Crippen LogP contribution in [0.3, 0.4) is 0 Å². The molecule has 1 rings (SSSR count). The first-order valence-electron chi connectivity index (χ1n) is 6.65. The van der Waals surface area contributed by atoms with Crippen LogP contribution in [0.15, 0.2) is 24.3 Å². The first-order chi connectivity index (χ1) is 9.58. The predicted octanol–water partition coefficient (Wildman–Crippen LogP) is 2.68. The molecule has 0 heterocycles. The van der Waals surface area contributed by atoms with Gasteiger partial charge in [-0.15, -0.1) is 0 Å². The van der Waals surface area contributed by atoms with Crippen molar-refractivity contribution in [2.45, 2.75) is 32.6 Å². The molecule has 0 atom stereocenters. The number of benzene rings is 1. The Kier molecular flexibility index (Phi) is 7.17. The number of Topliss-reactive ketones (excluding diaryl/α,β-unsaturated/α-hetero) is 1. The quantitative estimate of drug-likeness (QED) is 0.667. The summed E-state index contributed by atoms with van der Waals surface area (Å²) in [7, 11) is 0. The fourth-order valence-corrected chi connectivity index (χ4v) is 1.62. The summed E-state index contributed by atoms with van der Waals surface area (Å²) in [6.07, 6.45) is 3.42. The van der Waals surface area contributed by atoms with Crippen LogP contribution in [-0.2, 0) is 9.59 Å². The second-order valence-electron chi connectivity index (χ2n) is 4.51. The SMILES string of the molecule is CC(=O)CCCCCOc1ccc(OCC(=O)O)cc1. The minimum atomic E-state index is -1.00. The molecule has 1 N–H and O–H groups in total. The number of ketones is 1. The Morgan fingerprint density at radius 1 is 1.00 bits per heavy atom. The fraction of sp³-hybridized carbons (Fsp3) is 0.467. The highest BCUT2D eigenvalue weighted by molar-refractivity contribution is 5.75. The maximum absolute atomic E-state index is 10.7. The number of carbonyl (C=O) groups is 2. The van der Waals surface area contributed by atoms with E-state index in [1.807, 2.05) is 0 Å². The second kappa shape index (κ2) is 8.96. The largest absolute Gasteiger partial charge is 0.494 e. The Morgan fingerprint density at radius 3 is 2.15 bits per heavy atom. The van der Waals surface area contributed by atoms with Gasteiger partial charge in [0.2, 0.25) is 0 Å². The Bertz CT molecular complexity index is 424. The van der Waals surface area contributed by atoms with Crippen molar-refractivity contribution >= 4 is 11.8 Å². The molecule has 0 saturated carbocycles. The normalized spacial score (nSPS) is 10.1. The zero-order chi connectivity index (χ0) is 14.8. The third-order valence-corrected chi connectivity index (χ3v) is 2.63. The molecule has 0 aliphatic rings. The van der Waals surface area contributed by atoms with Gasteiger partial charge in [0.15, 0.2) is 6.61 Å². The van der Waals surface area contributed by atoms with Crippen LogP contribution in [0.4, 0.5) is 0 Å². The Morgan fingerprint density at radius 2 is 1.60 bits per heavy atom. The summed E-state index contributed by atoms with van der Waals surface area (Å²) in [6.45, 7) is 1.86. The summed E-state index contributed by atoms with van der Waals surface area (Å²) in [5.74, 6) is 0.444. The second-order valence-corrected chi connectivity index (χ2v) is 4.51. The molecular formula is C15H20O5. The highest BCUT2D eigenvalue weighted by atomic mass is 16.5. The van der Waals surface area contributed by atoms with Crippen LogP contribution in [0.5, 0.6) is 11.5 Å². The monoisotopic (exact) mass is 280 g/mol. The van der Waals surface area contributed by atoms with Gasteiger partial charge in [-0.05, 0) is 50.5 Å². The maximum Gasteiger partial charge on any atom is 0.341 e. The van der Waals surface area contributed by atoms with Gasteiger partial charge in [-0.2, -0.15) is 0 Å². The molecule has 0 fully saturated rings. The van der Waals surface area contributed by atoms with Crippen LogP contribution in [0.25, 0.3) is 0 Å². The molecule has 5 nitrogen and oxygen atoms in total. The lowest BCUT2D eigenvalue weighted by Crippen LogP contribution is -2.09. The van der Waals surface area contributed by atoms with Gasteiger partial charge in [-0.3, -0.25) is 0 Å². The lowest BCUT2D eigenvalue weighted by Gasteiger charge is -2.07. The molecule has 0 spiro atoms. The molecule has 110 valence electrons. The third kappa shape index (κ3) is 7.41. The molecule has 5 heteroatoms. The molecule has 0 radical (unpaired) electrons. The van der Waals surface area contributed by atoms with E-state index in [2.05, 4.69) is 0 Å². The van der Waals surface area contributed by atoms with E-state index in [1.54, 1.807) is 31.2 Å². The van der Waals surface area contributed by atoms with E-state index in [-0.39, 0.29) is 12.4 Å². The summed E-state index contributed by atoms with van der Waals surface area (Å²) in [5.41, 5.74) is 0. The van der Waals surface area contributed by atoms with Crippen LogP contribution in [0, 0.1) is 0 Å². The fourth-order valence-electron chi connectivity index (χ4n) is 1.62.